The third-order valence-electron chi connectivity index (χ3n) is 2.12. The summed E-state index contributed by atoms with van der Waals surface area (Å²) in [5.74, 6) is -0.829. The summed E-state index contributed by atoms with van der Waals surface area (Å²) >= 11 is 0. The second-order valence-corrected chi connectivity index (χ2v) is 4.16. The van der Waals surface area contributed by atoms with Crippen LogP contribution in [0.3, 0.4) is 0 Å². The number of nitrogens with two attached hydrogens (primary N) is 1. The van der Waals surface area contributed by atoms with E-state index in [-0.39, 0.29) is 11.9 Å². The largest absolute Gasteiger partial charge is 0.481 e. The zero-order valence-electron chi connectivity index (χ0n) is 13.2. The van der Waals surface area contributed by atoms with Gasteiger partial charge in [0.2, 0.25) is 5.91 Å². The molecule has 0 aromatic heterocycles. The molecule has 0 saturated heterocycles. The van der Waals surface area contributed by atoms with E-state index in [0.29, 0.717) is 6.54 Å². The van der Waals surface area contributed by atoms with Crippen LogP contribution in [0.1, 0.15) is 33.1 Å². The molecule has 0 aromatic carbocycles. The minimum atomic E-state index is -0.833. The quantitative estimate of drug-likeness (QED) is 0.265. The molecule has 1 amide bonds. The fourth-order valence-electron chi connectivity index (χ4n) is 1.19. The first kappa shape index (κ1) is 23.6. The van der Waals surface area contributed by atoms with Gasteiger partial charge in [0, 0.05) is 20.4 Å². The van der Waals surface area contributed by atoms with Gasteiger partial charge >= 0.3 is 0 Å². The predicted molar refractivity (Wildman–Crippen MR) is 79.5 cm³/mol. The van der Waals surface area contributed by atoms with Crippen LogP contribution in [-0.2, 0) is 14.4 Å². The Kier molecular flexibility index (Phi) is 20.7. The van der Waals surface area contributed by atoms with E-state index in [1.807, 2.05) is 19.0 Å². The molecule has 4 N–H and O–H groups in total. The molecule has 0 rings (SSSR count). The predicted octanol–water partition coefficient (Wildman–Crippen LogP) is 0.0877. The van der Waals surface area contributed by atoms with E-state index in [1.54, 1.807) is 0 Å². The lowest BCUT2D eigenvalue weighted by atomic mass is 10.1. The number of rotatable bonds is 7. The Morgan fingerprint density at radius 3 is 2.00 bits per heavy atom. The molecule has 7 heteroatoms. The first-order valence-corrected chi connectivity index (χ1v) is 6.44. The number of carboxylic acid groups (broad SMARTS) is 1. The Morgan fingerprint density at radius 1 is 1.25 bits per heavy atom. The van der Waals surface area contributed by atoms with Crippen molar-refractivity contribution < 1.29 is 19.5 Å². The van der Waals surface area contributed by atoms with Gasteiger partial charge in [0.1, 0.15) is 6.29 Å². The van der Waals surface area contributed by atoms with E-state index in [4.69, 9.17) is 9.90 Å². The van der Waals surface area contributed by atoms with Crippen LogP contribution in [0.4, 0.5) is 0 Å². The second kappa shape index (κ2) is 17.5. The summed E-state index contributed by atoms with van der Waals surface area (Å²) in [7, 11) is 5.29. The van der Waals surface area contributed by atoms with Gasteiger partial charge < -0.3 is 25.9 Å². The number of unbranched alkanes of at least 4 members (excludes halogenated alkanes) is 1. The van der Waals surface area contributed by atoms with Crippen molar-refractivity contribution >= 4 is 18.2 Å². The molecule has 0 saturated carbocycles. The Morgan fingerprint density at radius 2 is 1.70 bits per heavy atom. The van der Waals surface area contributed by atoms with Crippen LogP contribution in [0.2, 0.25) is 0 Å². The standard InChI is InChI=1S/C10H20N2O2.C2H4O2.CH5N/c1-9(14)11-7-5-4-6-10(8-13)12(2)3;1-2(3)4;1-2/h8,10H,4-7H2,1-3H3,(H,11,14);1H3,(H,3,4);2H2,1H3/i2+1;2*1+1,2+1. The third-order valence-corrected chi connectivity index (χ3v) is 2.12. The molecule has 7 nitrogen and oxygen atoms in total. The van der Waals surface area contributed by atoms with Crippen LogP contribution in [0.5, 0.6) is 0 Å². The highest BCUT2D eigenvalue weighted by atomic mass is 16.5. The molecular formula is C13H29N3O4. The normalized spacial score (nSPS) is 10.3. The highest BCUT2D eigenvalue weighted by Gasteiger charge is 2.08. The molecule has 1 unspecified atom stereocenters. The average molecular weight is 296 g/mol. The second-order valence-electron chi connectivity index (χ2n) is 4.16. The maximum Gasteiger partial charge on any atom is 0.300 e. The number of nitrogens with zero attached hydrogens (tertiary/aromatic N) is 1. The van der Waals surface area contributed by atoms with Crippen LogP contribution >= 0.6 is 0 Å². The molecule has 20 heavy (non-hydrogen) atoms. The summed E-state index contributed by atoms with van der Waals surface area (Å²) in [4.78, 5) is 32.0. The Labute approximate surface area is 121 Å². The highest BCUT2D eigenvalue weighted by Crippen LogP contribution is 2.02. The van der Waals surface area contributed by atoms with Crippen molar-refractivity contribution in [1.82, 2.24) is 10.2 Å². The number of aldehydes is 1. The van der Waals surface area contributed by atoms with Crippen molar-refractivity contribution in [1.29, 1.82) is 0 Å². The van der Waals surface area contributed by atoms with Crippen LogP contribution in [0.25, 0.3) is 0 Å². The number of hydrogen-bond donors (Lipinski definition) is 3. The zero-order chi connectivity index (χ0) is 16.6. The molecule has 0 spiro atoms. The van der Waals surface area contributed by atoms with Gasteiger partial charge in [-0.15, -0.1) is 0 Å². The summed E-state index contributed by atoms with van der Waals surface area (Å²) in [5, 5.41) is 10.1. The molecular weight excluding hydrogens is 267 g/mol. The van der Waals surface area contributed by atoms with Crippen LogP contribution < -0.4 is 11.1 Å². The molecule has 0 heterocycles. The molecule has 120 valence electrons. The van der Waals surface area contributed by atoms with Gasteiger partial charge in [-0.2, -0.15) is 0 Å². The van der Waals surface area contributed by atoms with E-state index in [1.165, 1.54) is 14.0 Å². The van der Waals surface area contributed by atoms with Crippen LogP contribution in [0.15, 0.2) is 0 Å². The summed E-state index contributed by atoms with van der Waals surface area (Å²) in [6.07, 6.45) is 3.72. The minimum absolute atomic E-state index is 0.00421. The maximum atomic E-state index is 10.6. The van der Waals surface area contributed by atoms with Gasteiger partial charge in [0.15, 0.2) is 0 Å². The van der Waals surface area contributed by atoms with E-state index < -0.39 is 5.97 Å². The molecule has 0 bridgehead atoms. The molecule has 1 atom stereocenters. The maximum absolute atomic E-state index is 10.6. The van der Waals surface area contributed by atoms with Crippen molar-refractivity contribution in [3.05, 3.63) is 0 Å². The molecule has 0 aliphatic rings. The Bertz CT molecular complexity index is 254. The SMILES string of the molecule is CC(=O)NCCCCC(C=O)N(C)[13CH3].[13CH3][13C](=O)O.[13CH3][15NH2]. The number of carboxylic acids is 1. The lowest BCUT2D eigenvalue weighted by Gasteiger charge is -2.17. The Balaban J connectivity index is -0.000000410. The summed E-state index contributed by atoms with van der Waals surface area (Å²) in [5.41, 5.74) is 4.50. The highest BCUT2D eigenvalue weighted by molar-refractivity contribution is 5.72. The van der Waals surface area contributed by atoms with Crippen molar-refractivity contribution in [2.75, 3.05) is 27.7 Å². The van der Waals surface area contributed by atoms with Gasteiger partial charge in [0.25, 0.3) is 5.97 Å². The van der Waals surface area contributed by atoms with Gasteiger partial charge in [-0.25, -0.2) is 0 Å². The number of nitrogens with one attached hydrogen (secondary N) is 1. The number of hydrogen-bond acceptors (Lipinski definition) is 5. The van der Waals surface area contributed by atoms with Crippen LogP contribution in [-0.4, -0.2) is 61.9 Å². The monoisotopic (exact) mass is 296 g/mol. The first-order valence-electron chi connectivity index (χ1n) is 6.44. The summed E-state index contributed by atoms with van der Waals surface area (Å²) < 4.78 is 0. The lowest BCUT2D eigenvalue weighted by molar-refractivity contribution is -0.134. The first-order chi connectivity index (χ1) is 9.31. The molecule has 0 radical (unpaired) electrons. The zero-order valence-corrected chi connectivity index (χ0v) is 13.2. The molecule has 0 fully saturated rings. The minimum Gasteiger partial charge on any atom is -0.481 e. The third kappa shape index (κ3) is 25.4. The number of amides is 1. The van der Waals surface area contributed by atoms with Crippen molar-refractivity contribution in [3.8, 4) is 0 Å². The van der Waals surface area contributed by atoms with Crippen molar-refractivity contribution in [2.24, 2.45) is 5.73 Å². The van der Waals surface area contributed by atoms with Gasteiger partial charge in [-0.05, 0) is 40.4 Å². The fraction of sp³-hybridized carbons (Fsp3) is 0.769. The number of aliphatic carboxylic acids is 1. The molecule has 0 aromatic rings. The van der Waals surface area contributed by atoms with Gasteiger partial charge in [-0.1, -0.05) is 0 Å². The Hall–Kier alpha value is -1.47. The van der Waals surface area contributed by atoms with E-state index in [9.17, 15) is 9.59 Å². The molecule has 0 aliphatic heterocycles. The summed E-state index contributed by atoms with van der Waals surface area (Å²) in [6.45, 7) is 3.29. The van der Waals surface area contributed by atoms with Crippen molar-refractivity contribution in [2.45, 2.75) is 39.2 Å². The number of carbonyl (C=O) groups is 3. The number of likely N-dealkylation sites (N-methyl/N-ethyl adjacent to an activating group) is 1. The van der Waals surface area contributed by atoms with E-state index in [2.05, 4.69) is 11.1 Å². The van der Waals surface area contributed by atoms with E-state index in [0.717, 1.165) is 32.5 Å². The summed E-state index contributed by atoms with van der Waals surface area (Å²) in [6, 6.07) is 0.00679. The van der Waals surface area contributed by atoms with Gasteiger partial charge in [0.05, 0.1) is 6.04 Å². The smallest absolute Gasteiger partial charge is 0.300 e. The van der Waals surface area contributed by atoms with E-state index >= 15 is 0 Å². The fourth-order valence-corrected chi connectivity index (χ4v) is 1.19. The molecule has 0 aliphatic carbocycles. The van der Waals surface area contributed by atoms with Gasteiger partial charge in [-0.3, -0.25) is 9.59 Å². The average Bonchev–Trinajstić information content (AvgIpc) is 2.34. The topological polar surface area (TPSA) is 113 Å². The number of carbonyl (C=O) groups excluding carboxylic acids is 2. The van der Waals surface area contributed by atoms with Crippen molar-refractivity contribution in [3.63, 3.8) is 0 Å². The lowest BCUT2D eigenvalue weighted by Crippen LogP contribution is -2.29. The van der Waals surface area contributed by atoms with Crippen LogP contribution in [0, 0.1) is 0 Å².